The number of ether oxygens (including phenoxy) is 2. The molecule has 0 unspecified atom stereocenters. The van der Waals surface area contributed by atoms with Gasteiger partial charge in [-0.2, -0.15) is 0 Å². The Kier molecular flexibility index (Phi) is 5.59. The fourth-order valence-corrected chi connectivity index (χ4v) is 3.19. The van der Waals surface area contributed by atoms with Crippen LogP contribution in [0.4, 0.5) is 5.69 Å². The van der Waals surface area contributed by atoms with Crippen LogP contribution in [0.25, 0.3) is 0 Å². The number of hydrogen-bond donors (Lipinski definition) is 2. The molecule has 0 bridgehead atoms. The van der Waals surface area contributed by atoms with Gasteiger partial charge in [0.25, 0.3) is 0 Å². The summed E-state index contributed by atoms with van der Waals surface area (Å²) in [5.41, 5.74) is 0.780. The van der Waals surface area contributed by atoms with E-state index in [1.165, 1.54) is 19.3 Å². The lowest BCUT2D eigenvalue weighted by atomic mass is 9.74. The quantitative estimate of drug-likeness (QED) is 0.840. The molecule has 5 heteroatoms. The van der Waals surface area contributed by atoms with Gasteiger partial charge in [-0.05, 0) is 12.8 Å². The molecule has 4 nitrogen and oxygen atoms in total. The molecular weight excluding hydrogens is 290 g/mol. The van der Waals surface area contributed by atoms with Gasteiger partial charge in [0.15, 0.2) is 11.5 Å². The number of aliphatic hydroxyl groups excluding tert-OH is 1. The largest absolute Gasteiger partial charge is 0.493 e. The van der Waals surface area contributed by atoms with Crippen LogP contribution < -0.4 is 14.8 Å². The number of methoxy groups -OCH3 is 2. The Hall–Kier alpha value is -1.13. The molecule has 2 rings (SSSR count). The van der Waals surface area contributed by atoms with Crippen molar-refractivity contribution in [3.8, 4) is 11.5 Å². The topological polar surface area (TPSA) is 50.7 Å². The molecule has 1 saturated carbocycles. The average molecular weight is 314 g/mol. The number of anilines is 1. The SMILES string of the molecule is COc1cc(Cl)c(NCC2(CO)CCCCC2)cc1OC. The molecule has 0 atom stereocenters. The molecule has 0 aliphatic heterocycles. The van der Waals surface area contributed by atoms with Gasteiger partial charge < -0.3 is 19.9 Å². The van der Waals surface area contributed by atoms with Crippen LogP contribution in [0.15, 0.2) is 12.1 Å². The zero-order chi connectivity index (χ0) is 15.3. The van der Waals surface area contributed by atoms with Crippen LogP contribution in [0.3, 0.4) is 0 Å². The van der Waals surface area contributed by atoms with Crippen LogP contribution in [0.5, 0.6) is 11.5 Å². The maximum absolute atomic E-state index is 9.75. The Morgan fingerprint density at radius 1 is 1.14 bits per heavy atom. The first-order chi connectivity index (χ1) is 10.1. The molecule has 21 heavy (non-hydrogen) atoms. The summed E-state index contributed by atoms with van der Waals surface area (Å²) in [6.07, 6.45) is 5.74. The maximum atomic E-state index is 9.75. The highest BCUT2D eigenvalue weighted by Gasteiger charge is 2.31. The Labute approximate surface area is 131 Å². The lowest BCUT2D eigenvalue weighted by molar-refractivity contribution is 0.0944. The first-order valence-electron chi connectivity index (χ1n) is 7.40. The van der Waals surface area contributed by atoms with Gasteiger partial charge in [-0.1, -0.05) is 30.9 Å². The molecule has 0 spiro atoms. The minimum atomic E-state index is -0.0330. The lowest BCUT2D eigenvalue weighted by Crippen LogP contribution is -2.35. The first-order valence-corrected chi connectivity index (χ1v) is 7.78. The van der Waals surface area contributed by atoms with Crippen molar-refractivity contribution in [1.29, 1.82) is 0 Å². The summed E-state index contributed by atoms with van der Waals surface area (Å²) in [6.45, 7) is 0.934. The van der Waals surface area contributed by atoms with E-state index in [9.17, 15) is 5.11 Å². The fraction of sp³-hybridized carbons (Fsp3) is 0.625. The average Bonchev–Trinajstić information content (AvgIpc) is 2.54. The predicted molar refractivity (Wildman–Crippen MR) is 85.6 cm³/mol. The third kappa shape index (κ3) is 3.74. The van der Waals surface area contributed by atoms with Gasteiger partial charge in [-0.15, -0.1) is 0 Å². The molecular formula is C16H24ClNO3. The van der Waals surface area contributed by atoms with Crippen LogP contribution in [0.2, 0.25) is 5.02 Å². The van der Waals surface area contributed by atoms with E-state index >= 15 is 0 Å². The van der Waals surface area contributed by atoms with Gasteiger partial charge in [-0.25, -0.2) is 0 Å². The van der Waals surface area contributed by atoms with Crippen LogP contribution in [-0.4, -0.2) is 32.5 Å². The minimum Gasteiger partial charge on any atom is -0.493 e. The Bertz CT molecular complexity index is 473. The van der Waals surface area contributed by atoms with Crippen molar-refractivity contribution in [3.05, 3.63) is 17.2 Å². The van der Waals surface area contributed by atoms with E-state index in [-0.39, 0.29) is 12.0 Å². The number of aliphatic hydroxyl groups is 1. The highest BCUT2D eigenvalue weighted by Crippen LogP contribution is 2.39. The molecule has 1 aromatic rings. The van der Waals surface area contributed by atoms with Crippen LogP contribution >= 0.6 is 11.6 Å². The summed E-state index contributed by atoms with van der Waals surface area (Å²) < 4.78 is 10.5. The molecule has 2 N–H and O–H groups in total. The molecule has 0 aromatic heterocycles. The molecule has 1 fully saturated rings. The van der Waals surface area contributed by atoms with Crippen LogP contribution in [0.1, 0.15) is 32.1 Å². The van der Waals surface area contributed by atoms with Crippen molar-refractivity contribution in [2.75, 3.05) is 32.7 Å². The van der Waals surface area contributed by atoms with Crippen LogP contribution in [0, 0.1) is 5.41 Å². The molecule has 1 aromatic carbocycles. The predicted octanol–water partition coefficient (Wildman–Crippen LogP) is 3.71. The van der Waals surface area contributed by atoms with Crippen molar-refractivity contribution in [2.45, 2.75) is 32.1 Å². The molecule has 1 aliphatic rings. The molecule has 1 aliphatic carbocycles. The van der Waals surface area contributed by atoms with E-state index in [0.717, 1.165) is 25.1 Å². The first kappa shape index (κ1) is 16.2. The Morgan fingerprint density at radius 3 is 2.33 bits per heavy atom. The Balaban J connectivity index is 2.11. The van der Waals surface area contributed by atoms with Gasteiger partial charge in [0, 0.05) is 24.1 Å². The number of rotatable bonds is 6. The molecule has 0 saturated heterocycles. The Morgan fingerprint density at radius 2 is 1.76 bits per heavy atom. The lowest BCUT2D eigenvalue weighted by Gasteiger charge is -2.36. The monoisotopic (exact) mass is 313 g/mol. The zero-order valence-electron chi connectivity index (χ0n) is 12.7. The van der Waals surface area contributed by atoms with Gasteiger partial charge in [-0.3, -0.25) is 0 Å². The smallest absolute Gasteiger partial charge is 0.162 e. The maximum Gasteiger partial charge on any atom is 0.162 e. The van der Waals surface area contributed by atoms with Gasteiger partial charge in [0.2, 0.25) is 0 Å². The van der Waals surface area contributed by atoms with Crippen molar-refractivity contribution < 1.29 is 14.6 Å². The number of halogens is 1. The standard InChI is InChI=1S/C16H24ClNO3/c1-20-14-8-12(17)13(9-15(14)21-2)18-10-16(11-19)6-4-3-5-7-16/h8-9,18-19H,3-7,10-11H2,1-2H3. The highest BCUT2D eigenvalue weighted by atomic mass is 35.5. The molecule has 118 valence electrons. The van der Waals surface area contributed by atoms with Gasteiger partial charge >= 0.3 is 0 Å². The second-order valence-corrected chi connectivity index (χ2v) is 6.17. The number of nitrogens with one attached hydrogen (secondary N) is 1. The minimum absolute atomic E-state index is 0.0330. The highest BCUT2D eigenvalue weighted by molar-refractivity contribution is 6.33. The van der Waals surface area contributed by atoms with Gasteiger partial charge in [0.05, 0.1) is 31.5 Å². The van der Waals surface area contributed by atoms with Crippen molar-refractivity contribution in [3.63, 3.8) is 0 Å². The van der Waals surface area contributed by atoms with E-state index in [4.69, 9.17) is 21.1 Å². The van der Waals surface area contributed by atoms with E-state index < -0.39 is 0 Å². The summed E-state index contributed by atoms with van der Waals surface area (Å²) in [6, 6.07) is 3.59. The van der Waals surface area contributed by atoms with Crippen molar-refractivity contribution in [1.82, 2.24) is 0 Å². The summed E-state index contributed by atoms with van der Waals surface area (Å²) in [4.78, 5) is 0. The second kappa shape index (κ2) is 7.23. The molecule has 0 amide bonds. The summed E-state index contributed by atoms with van der Waals surface area (Å²) in [5.74, 6) is 1.26. The van der Waals surface area contributed by atoms with E-state index in [2.05, 4.69) is 5.32 Å². The van der Waals surface area contributed by atoms with Crippen molar-refractivity contribution >= 4 is 17.3 Å². The molecule has 0 radical (unpaired) electrons. The van der Waals surface area contributed by atoms with Crippen molar-refractivity contribution in [2.24, 2.45) is 5.41 Å². The summed E-state index contributed by atoms with van der Waals surface area (Å²) in [7, 11) is 3.19. The van der Waals surface area contributed by atoms with Crippen LogP contribution in [-0.2, 0) is 0 Å². The fourth-order valence-electron chi connectivity index (χ4n) is 2.96. The normalized spacial score (nSPS) is 17.3. The van der Waals surface area contributed by atoms with E-state index in [1.54, 1.807) is 20.3 Å². The number of hydrogen-bond acceptors (Lipinski definition) is 4. The number of benzene rings is 1. The second-order valence-electron chi connectivity index (χ2n) is 5.76. The summed E-state index contributed by atoms with van der Waals surface area (Å²) >= 11 is 6.28. The summed E-state index contributed by atoms with van der Waals surface area (Å²) in [5, 5.41) is 13.7. The van der Waals surface area contributed by atoms with E-state index in [0.29, 0.717) is 16.5 Å². The van der Waals surface area contributed by atoms with E-state index in [1.807, 2.05) is 6.07 Å². The van der Waals surface area contributed by atoms with Gasteiger partial charge in [0.1, 0.15) is 0 Å². The third-order valence-corrected chi connectivity index (χ3v) is 4.69. The molecule has 0 heterocycles. The zero-order valence-corrected chi connectivity index (χ0v) is 13.5. The third-order valence-electron chi connectivity index (χ3n) is 4.38.